The van der Waals surface area contributed by atoms with Crippen LogP contribution in [-0.2, 0) is 13.6 Å². The lowest BCUT2D eigenvalue weighted by atomic mass is 10.1. The number of nitrogens with zero attached hydrogens (tertiary/aromatic N) is 6. The zero-order valence-corrected chi connectivity index (χ0v) is 18.7. The van der Waals surface area contributed by atoms with Crippen LogP contribution >= 0.6 is 11.3 Å². The van der Waals surface area contributed by atoms with E-state index in [1.54, 1.807) is 13.4 Å². The van der Waals surface area contributed by atoms with Gasteiger partial charge in [0.15, 0.2) is 5.82 Å². The van der Waals surface area contributed by atoms with Gasteiger partial charge in [-0.3, -0.25) is 23.1 Å². The summed E-state index contributed by atoms with van der Waals surface area (Å²) in [6.07, 6.45) is 1.54. The van der Waals surface area contributed by atoms with E-state index in [0.29, 0.717) is 32.7 Å². The molecule has 8 nitrogen and oxygen atoms in total. The Morgan fingerprint density at radius 2 is 1.79 bits per heavy atom. The van der Waals surface area contributed by atoms with Crippen LogP contribution in [0.15, 0.2) is 70.5 Å². The molecule has 9 heteroatoms. The van der Waals surface area contributed by atoms with Crippen LogP contribution < -0.4 is 11.1 Å². The van der Waals surface area contributed by atoms with Gasteiger partial charge in [-0.15, -0.1) is 21.5 Å². The van der Waals surface area contributed by atoms with Gasteiger partial charge in [0.1, 0.15) is 4.70 Å². The summed E-state index contributed by atoms with van der Waals surface area (Å²) in [7, 11) is 1.68. The maximum absolute atomic E-state index is 13.3. The van der Waals surface area contributed by atoms with Crippen molar-refractivity contribution in [2.45, 2.75) is 13.5 Å². The van der Waals surface area contributed by atoms with Crippen LogP contribution in [0.3, 0.4) is 0 Å². The Balaban J connectivity index is 1.51. The Kier molecular flexibility index (Phi) is 4.27. The standard InChI is InChI=1S/C24H18N6O2S/c1-14-8-9-18-16(10-14)22(31)28(2)24-27-26-20(30(18)24)12-29-13-25-17-11-19(33-21(17)23(29)32)15-6-4-3-5-7-15/h3-11,13H,12H2,1-2H3. The van der Waals surface area contributed by atoms with Gasteiger partial charge in [-0.25, -0.2) is 4.98 Å². The molecule has 0 atom stereocenters. The molecule has 0 spiro atoms. The largest absolute Gasteiger partial charge is 0.290 e. The summed E-state index contributed by atoms with van der Waals surface area (Å²) in [4.78, 5) is 31.6. The molecule has 0 amide bonds. The second-order valence-electron chi connectivity index (χ2n) is 8.01. The molecular formula is C24H18N6O2S. The van der Waals surface area contributed by atoms with Crippen molar-refractivity contribution in [2.75, 3.05) is 0 Å². The molecule has 0 saturated carbocycles. The Morgan fingerprint density at radius 3 is 2.61 bits per heavy atom. The van der Waals surface area contributed by atoms with Crippen LogP contribution in [0.4, 0.5) is 0 Å². The second kappa shape index (κ2) is 7.21. The summed E-state index contributed by atoms with van der Waals surface area (Å²) in [5.74, 6) is 0.980. The molecule has 4 aromatic heterocycles. The molecule has 0 bridgehead atoms. The zero-order chi connectivity index (χ0) is 22.7. The number of aromatic nitrogens is 6. The van der Waals surface area contributed by atoms with Crippen LogP contribution in [0.25, 0.3) is 37.3 Å². The quantitative estimate of drug-likeness (QED) is 0.409. The minimum atomic E-state index is -0.132. The van der Waals surface area contributed by atoms with Gasteiger partial charge in [0.2, 0.25) is 5.78 Å². The Bertz CT molecular complexity index is 1810. The van der Waals surface area contributed by atoms with Gasteiger partial charge >= 0.3 is 0 Å². The lowest BCUT2D eigenvalue weighted by Gasteiger charge is -2.09. The second-order valence-corrected chi connectivity index (χ2v) is 9.06. The van der Waals surface area contributed by atoms with Crippen molar-refractivity contribution in [1.82, 2.24) is 28.7 Å². The first-order chi connectivity index (χ1) is 16.0. The SMILES string of the molecule is Cc1ccc2c(c1)c(=O)n(C)c1nnc(Cn3cnc4cc(-c5ccccc5)sc4c3=O)n21. The van der Waals surface area contributed by atoms with Crippen molar-refractivity contribution in [2.24, 2.45) is 7.05 Å². The van der Waals surface area contributed by atoms with E-state index in [0.717, 1.165) is 16.0 Å². The maximum atomic E-state index is 13.3. The molecule has 0 aliphatic carbocycles. The summed E-state index contributed by atoms with van der Waals surface area (Å²) in [5.41, 5.74) is 3.17. The normalized spacial score (nSPS) is 11.7. The maximum Gasteiger partial charge on any atom is 0.271 e. The van der Waals surface area contributed by atoms with Crippen LogP contribution in [-0.4, -0.2) is 28.7 Å². The molecule has 33 heavy (non-hydrogen) atoms. The first-order valence-corrected chi connectivity index (χ1v) is 11.2. The Labute approximate surface area is 191 Å². The first-order valence-electron chi connectivity index (χ1n) is 10.4. The van der Waals surface area contributed by atoms with Gasteiger partial charge in [0.25, 0.3) is 11.1 Å². The Hall–Kier alpha value is -4.11. The number of aryl methyl sites for hydroxylation is 2. The number of benzene rings is 2. The van der Waals surface area contributed by atoms with Crippen molar-refractivity contribution in [3.05, 3.63) is 93.0 Å². The van der Waals surface area contributed by atoms with Gasteiger partial charge in [-0.1, -0.05) is 42.0 Å². The van der Waals surface area contributed by atoms with E-state index in [4.69, 9.17) is 0 Å². The molecule has 0 unspecified atom stereocenters. The number of hydrogen-bond acceptors (Lipinski definition) is 6. The summed E-state index contributed by atoms with van der Waals surface area (Å²) < 4.78 is 5.44. The monoisotopic (exact) mass is 454 g/mol. The van der Waals surface area contributed by atoms with Crippen molar-refractivity contribution in [3.63, 3.8) is 0 Å². The van der Waals surface area contributed by atoms with Crippen LogP contribution in [0, 0.1) is 6.92 Å². The number of fused-ring (bicyclic) bond motifs is 4. The van der Waals surface area contributed by atoms with Crippen LogP contribution in [0.5, 0.6) is 0 Å². The highest BCUT2D eigenvalue weighted by atomic mass is 32.1. The molecule has 6 aromatic rings. The predicted octanol–water partition coefficient (Wildman–Crippen LogP) is 3.38. The smallest absolute Gasteiger partial charge is 0.271 e. The van der Waals surface area contributed by atoms with Crippen molar-refractivity contribution >= 4 is 38.2 Å². The molecular weight excluding hydrogens is 436 g/mol. The lowest BCUT2D eigenvalue weighted by molar-refractivity contribution is 0.701. The van der Waals surface area contributed by atoms with Crippen LogP contribution in [0.1, 0.15) is 11.4 Å². The van der Waals surface area contributed by atoms with E-state index >= 15 is 0 Å². The third-order valence-corrected chi connectivity index (χ3v) is 6.98. The summed E-state index contributed by atoms with van der Waals surface area (Å²) in [5, 5.41) is 9.12. The third-order valence-electron chi connectivity index (χ3n) is 5.81. The fourth-order valence-electron chi connectivity index (χ4n) is 4.12. The zero-order valence-electron chi connectivity index (χ0n) is 17.9. The number of rotatable bonds is 3. The molecule has 4 heterocycles. The lowest BCUT2D eigenvalue weighted by Crippen LogP contribution is -2.23. The molecule has 0 aliphatic rings. The van der Waals surface area contributed by atoms with Gasteiger partial charge in [-0.05, 0) is 30.7 Å². The highest BCUT2D eigenvalue weighted by molar-refractivity contribution is 7.22. The van der Waals surface area contributed by atoms with E-state index in [1.165, 1.54) is 20.5 Å². The molecule has 162 valence electrons. The molecule has 2 aromatic carbocycles. The third kappa shape index (κ3) is 3.00. The predicted molar refractivity (Wildman–Crippen MR) is 129 cm³/mol. The fourth-order valence-corrected chi connectivity index (χ4v) is 5.18. The molecule has 0 radical (unpaired) electrons. The minimum Gasteiger partial charge on any atom is -0.290 e. The van der Waals surface area contributed by atoms with Gasteiger partial charge < -0.3 is 0 Å². The van der Waals surface area contributed by atoms with Gasteiger partial charge in [0, 0.05) is 11.9 Å². The van der Waals surface area contributed by atoms with E-state index in [1.807, 2.05) is 65.9 Å². The molecule has 0 saturated heterocycles. The number of hydrogen-bond donors (Lipinski definition) is 0. The van der Waals surface area contributed by atoms with E-state index in [-0.39, 0.29) is 17.7 Å². The van der Waals surface area contributed by atoms with E-state index in [2.05, 4.69) is 15.2 Å². The number of thiophene rings is 1. The van der Waals surface area contributed by atoms with E-state index < -0.39 is 0 Å². The summed E-state index contributed by atoms with van der Waals surface area (Å²) >= 11 is 1.43. The summed E-state index contributed by atoms with van der Waals surface area (Å²) in [6.45, 7) is 2.13. The average molecular weight is 455 g/mol. The molecule has 0 aliphatic heterocycles. The average Bonchev–Trinajstić information content (AvgIpc) is 3.45. The highest BCUT2D eigenvalue weighted by Gasteiger charge is 2.17. The van der Waals surface area contributed by atoms with Crippen molar-refractivity contribution in [3.8, 4) is 10.4 Å². The van der Waals surface area contributed by atoms with Crippen molar-refractivity contribution in [1.29, 1.82) is 0 Å². The highest BCUT2D eigenvalue weighted by Crippen LogP contribution is 2.30. The Morgan fingerprint density at radius 1 is 0.970 bits per heavy atom. The summed E-state index contributed by atoms with van der Waals surface area (Å²) in [6, 6.07) is 17.6. The van der Waals surface area contributed by atoms with Gasteiger partial charge in [-0.2, -0.15) is 0 Å². The topological polar surface area (TPSA) is 87.1 Å². The molecule has 6 rings (SSSR count). The van der Waals surface area contributed by atoms with E-state index in [9.17, 15) is 9.59 Å². The molecule has 0 N–H and O–H groups in total. The minimum absolute atomic E-state index is 0.131. The van der Waals surface area contributed by atoms with Gasteiger partial charge in [0.05, 0.1) is 29.3 Å². The van der Waals surface area contributed by atoms with Crippen molar-refractivity contribution < 1.29 is 0 Å². The van der Waals surface area contributed by atoms with Crippen LogP contribution in [0.2, 0.25) is 0 Å². The molecule has 0 fully saturated rings. The first kappa shape index (κ1) is 19.6. The fraction of sp³-hybridized carbons (Fsp3) is 0.125.